The number of carbonyl (C=O) groups excluding carboxylic acids is 1. The molecule has 134 valence electrons. The Bertz CT molecular complexity index is 696. The Morgan fingerprint density at radius 1 is 1.40 bits per heavy atom. The van der Waals surface area contributed by atoms with Gasteiger partial charge in [0, 0.05) is 12.4 Å². The molecule has 2 aliphatic rings. The molecular weight excluding hydrogens is 320 g/mol. The van der Waals surface area contributed by atoms with Gasteiger partial charge in [0.25, 0.3) is 0 Å². The summed E-state index contributed by atoms with van der Waals surface area (Å²) >= 11 is 0. The van der Waals surface area contributed by atoms with Gasteiger partial charge < -0.3 is 4.74 Å². The highest BCUT2D eigenvalue weighted by Crippen LogP contribution is 2.59. The van der Waals surface area contributed by atoms with Crippen LogP contribution in [0.25, 0.3) is 0 Å². The lowest BCUT2D eigenvalue weighted by Gasteiger charge is -2.22. The van der Waals surface area contributed by atoms with Gasteiger partial charge in [0.05, 0.1) is 12.5 Å². The summed E-state index contributed by atoms with van der Waals surface area (Å²) in [6, 6.07) is 1.73. The Labute approximate surface area is 147 Å². The molecule has 0 spiro atoms. The predicted molar refractivity (Wildman–Crippen MR) is 92.6 cm³/mol. The van der Waals surface area contributed by atoms with Crippen molar-refractivity contribution < 1.29 is 14.4 Å². The number of allylic oxidation sites excluding steroid dienone is 2. The summed E-state index contributed by atoms with van der Waals surface area (Å²) in [6.07, 6.45) is 5.11. The standard InChI is InChI=1S/C18H24N4O3/c1-11(2)8-13-14(18(13,3)4)17(23)24-10-12-9-21-16(22-25-12)15-19-6-5-7-20-15/h5-8,12-14H,9-10H2,1-4H3,(H,21,22)/t12-,13-,14-/m1/s1. The number of nitrogens with one attached hydrogen (secondary N) is 1. The van der Waals surface area contributed by atoms with Gasteiger partial charge in [-0.25, -0.2) is 15.4 Å². The van der Waals surface area contributed by atoms with Crippen molar-refractivity contribution in [1.82, 2.24) is 15.4 Å². The number of aliphatic imine (C=N–C) groups is 1. The molecule has 0 aromatic carbocycles. The zero-order valence-electron chi connectivity index (χ0n) is 15.0. The number of carbonyl (C=O) groups is 1. The number of hydrogen-bond acceptors (Lipinski definition) is 7. The molecule has 25 heavy (non-hydrogen) atoms. The highest BCUT2D eigenvalue weighted by Gasteiger charge is 2.61. The van der Waals surface area contributed by atoms with Crippen LogP contribution in [0.15, 0.2) is 35.1 Å². The molecule has 1 N–H and O–H groups in total. The average molecular weight is 344 g/mol. The highest BCUT2D eigenvalue weighted by molar-refractivity contribution is 5.94. The second kappa shape index (κ2) is 6.92. The van der Waals surface area contributed by atoms with E-state index in [0.29, 0.717) is 18.2 Å². The van der Waals surface area contributed by atoms with Crippen molar-refractivity contribution in [2.24, 2.45) is 22.2 Å². The average Bonchev–Trinajstić information content (AvgIpc) is 3.13. The quantitative estimate of drug-likeness (QED) is 0.649. The smallest absolute Gasteiger partial charge is 0.310 e. The van der Waals surface area contributed by atoms with Crippen LogP contribution >= 0.6 is 0 Å². The van der Waals surface area contributed by atoms with E-state index in [-0.39, 0.29) is 35.9 Å². The largest absolute Gasteiger partial charge is 0.462 e. The number of nitrogens with zero attached hydrogens (tertiary/aromatic N) is 3. The molecule has 1 aromatic rings. The first kappa shape index (κ1) is 17.5. The minimum Gasteiger partial charge on any atom is -0.462 e. The Morgan fingerprint density at radius 3 is 2.72 bits per heavy atom. The van der Waals surface area contributed by atoms with E-state index >= 15 is 0 Å². The molecule has 0 bridgehead atoms. The fourth-order valence-electron chi connectivity index (χ4n) is 3.09. The van der Waals surface area contributed by atoms with Gasteiger partial charge in [0.2, 0.25) is 0 Å². The van der Waals surface area contributed by atoms with E-state index in [1.165, 1.54) is 5.57 Å². The lowest BCUT2D eigenvalue weighted by Crippen LogP contribution is -2.40. The van der Waals surface area contributed by atoms with Gasteiger partial charge in [-0.15, -0.1) is 0 Å². The van der Waals surface area contributed by atoms with Gasteiger partial charge in [0.15, 0.2) is 11.7 Å². The second-order valence-electron chi connectivity index (χ2n) is 7.30. The van der Waals surface area contributed by atoms with Crippen molar-refractivity contribution in [1.29, 1.82) is 0 Å². The van der Waals surface area contributed by atoms with Gasteiger partial charge in [-0.1, -0.05) is 25.5 Å². The third-order valence-electron chi connectivity index (χ3n) is 4.64. The maximum absolute atomic E-state index is 12.4. The Balaban J connectivity index is 1.50. The lowest BCUT2D eigenvalue weighted by molar-refractivity contribution is -0.151. The van der Waals surface area contributed by atoms with Crippen LogP contribution in [0, 0.1) is 17.3 Å². The Morgan fingerprint density at radius 2 is 2.12 bits per heavy atom. The van der Waals surface area contributed by atoms with Gasteiger partial charge >= 0.3 is 5.97 Å². The van der Waals surface area contributed by atoms with Gasteiger partial charge in [-0.05, 0) is 31.2 Å². The summed E-state index contributed by atoms with van der Waals surface area (Å²) in [4.78, 5) is 30.4. The molecule has 3 atom stereocenters. The molecule has 0 saturated heterocycles. The first-order chi connectivity index (χ1) is 11.9. The van der Waals surface area contributed by atoms with E-state index in [1.807, 2.05) is 13.8 Å². The van der Waals surface area contributed by atoms with Crippen LogP contribution in [0.1, 0.15) is 33.5 Å². The van der Waals surface area contributed by atoms with Crippen LogP contribution in [0.5, 0.6) is 0 Å². The molecule has 0 amide bonds. The van der Waals surface area contributed by atoms with Crippen molar-refractivity contribution >= 4 is 11.8 Å². The van der Waals surface area contributed by atoms with Crippen molar-refractivity contribution in [3.8, 4) is 0 Å². The Hall–Kier alpha value is -2.28. The molecule has 1 fully saturated rings. The number of ether oxygens (including phenoxy) is 1. The number of rotatable bonds is 5. The van der Waals surface area contributed by atoms with Crippen molar-refractivity contribution in [3.05, 3.63) is 35.9 Å². The predicted octanol–water partition coefficient (Wildman–Crippen LogP) is 1.91. The summed E-state index contributed by atoms with van der Waals surface area (Å²) in [6.45, 7) is 8.84. The minimum absolute atomic E-state index is 0.0456. The molecule has 1 saturated carbocycles. The van der Waals surface area contributed by atoms with Gasteiger partial charge in [-0.2, -0.15) is 0 Å². The van der Waals surface area contributed by atoms with Gasteiger partial charge in [0.1, 0.15) is 12.7 Å². The van der Waals surface area contributed by atoms with E-state index < -0.39 is 0 Å². The third-order valence-corrected chi connectivity index (χ3v) is 4.64. The highest BCUT2D eigenvalue weighted by atomic mass is 16.7. The number of hydroxylamine groups is 1. The number of esters is 1. The van der Waals surface area contributed by atoms with Crippen molar-refractivity contribution in [2.45, 2.75) is 33.8 Å². The SMILES string of the molecule is CC(C)=C[C@@H]1[C@H](C(=O)OC[C@H]2CN=C(c3ncccn3)NO2)C1(C)C. The first-order valence-corrected chi connectivity index (χ1v) is 8.44. The van der Waals surface area contributed by atoms with Crippen molar-refractivity contribution in [3.63, 3.8) is 0 Å². The molecule has 0 radical (unpaired) electrons. The maximum Gasteiger partial charge on any atom is 0.310 e. The van der Waals surface area contributed by atoms with E-state index in [1.54, 1.807) is 18.5 Å². The number of aromatic nitrogens is 2. The third kappa shape index (κ3) is 3.87. The fourth-order valence-corrected chi connectivity index (χ4v) is 3.09. The second-order valence-corrected chi connectivity index (χ2v) is 7.30. The normalized spacial score (nSPS) is 26.9. The molecule has 7 heteroatoms. The molecule has 1 aliphatic heterocycles. The zero-order valence-corrected chi connectivity index (χ0v) is 15.0. The van der Waals surface area contributed by atoms with Crippen LogP contribution in [0.2, 0.25) is 0 Å². The molecule has 2 heterocycles. The monoisotopic (exact) mass is 344 g/mol. The molecule has 3 rings (SSSR count). The molecule has 1 aliphatic carbocycles. The summed E-state index contributed by atoms with van der Waals surface area (Å²) in [5, 5.41) is 0. The van der Waals surface area contributed by atoms with E-state index in [9.17, 15) is 4.79 Å². The first-order valence-electron chi connectivity index (χ1n) is 8.44. The number of hydrogen-bond donors (Lipinski definition) is 1. The minimum atomic E-state index is -0.319. The maximum atomic E-state index is 12.4. The zero-order chi connectivity index (χ0) is 18.0. The summed E-state index contributed by atoms with van der Waals surface area (Å²) in [7, 11) is 0. The molecule has 7 nitrogen and oxygen atoms in total. The van der Waals surface area contributed by atoms with Gasteiger partial charge in [-0.3, -0.25) is 14.6 Å². The van der Waals surface area contributed by atoms with Crippen LogP contribution in [-0.2, 0) is 14.4 Å². The summed E-state index contributed by atoms with van der Waals surface area (Å²) in [5.74, 6) is 0.945. The van der Waals surface area contributed by atoms with Crippen molar-refractivity contribution in [2.75, 3.05) is 13.2 Å². The number of amidine groups is 1. The van der Waals surface area contributed by atoms with Crippen LogP contribution in [0.3, 0.4) is 0 Å². The molecular formula is C18H24N4O3. The lowest BCUT2D eigenvalue weighted by atomic mass is 10.1. The molecule has 1 aromatic heterocycles. The van der Waals surface area contributed by atoms with Crippen LogP contribution in [0.4, 0.5) is 0 Å². The van der Waals surface area contributed by atoms with Crippen LogP contribution < -0.4 is 5.48 Å². The fraction of sp³-hybridized carbons (Fsp3) is 0.556. The topological polar surface area (TPSA) is 85.7 Å². The Kier molecular flexibility index (Phi) is 4.85. The van der Waals surface area contributed by atoms with E-state index in [0.717, 1.165) is 0 Å². The summed E-state index contributed by atoms with van der Waals surface area (Å²) in [5.41, 5.74) is 3.90. The van der Waals surface area contributed by atoms with E-state index in [2.05, 4.69) is 40.4 Å². The molecule has 0 unspecified atom stereocenters. The summed E-state index contributed by atoms with van der Waals surface area (Å²) < 4.78 is 5.46. The van der Waals surface area contributed by atoms with E-state index in [4.69, 9.17) is 9.57 Å². The van der Waals surface area contributed by atoms with Crippen LogP contribution in [-0.4, -0.2) is 41.0 Å².